The predicted molar refractivity (Wildman–Crippen MR) is 165 cm³/mol. The van der Waals surface area contributed by atoms with E-state index in [1.165, 1.54) is 36.6 Å². The molecule has 0 saturated carbocycles. The molecule has 0 aliphatic carbocycles. The maximum Gasteiger partial charge on any atom is 0.416 e. The number of nitrogens with zero attached hydrogens (tertiary/aromatic N) is 4. The lowest BCUT2D eigenvalue weighted by Crippen LogP contribution is -2.58. The lowest BCUT2D eigenvalue weighted by Gasteiger charge is -2.44. The summed E-state index contributed by atoms with van der Waals surface area (Å²) in [5.41, 5.74) is -1.55. The summed E-state index contributed by atoms with van der Waals surface area (Å²) in [5.74, 6) is -0.466. The smallest absolute Gasteiger partial charge is 0.416 e. The third kappa shape index (κ3) is 8.72. The summed E-state index contributed by atoms with van der Waals surface area (Å²) >= 11 is 7.64. The van der Waals surface area contributed by atoms with Crippen LogP contribution in [0.5, 0.6) is 0 Å². The molecule has 0 saturated heterocycles. The number of rotatable bonds is 13. The Bertz CT molecular complexity index is 1380. The Hall–Kier alpha value is -3.17. The van der Waals surface area contributed by atoms with Gasteiger partial charge in [0.25, 0.3) is 0 Å². The second kappa shape index (κ2) is 14.3. The molecule has 2 unspecified atom stereocenters. The second-order valence-corrected chi connectivity index (χ2v) is 12.8. The number of halogens is 4. The van der Waals surface area contributed by atoms with Crippen molar-refractivity contribution in [3.8, 4) is 0 Å². The van der Waals surface area contributed by atoms with E-state index in [0.29, 0.717) is 11.3 Å². The van der Waals surface area contributed by atoms with Crippen molar-refractivity contribution in [2.75, 3.05) is 51.9 Å². The van der Waals surface area contributed by atoms with E-state index in [4.69, 9.17) is 21.1 Å². The normalized spacial score (nSPS) is 17.9. The molecule has 0 spiro atoms. The molecule has 0 bridgehead atoms. The molecule has 1 amide bonds. The number of quaternary nitrogens is 1. The topological polar surface area (TPSA) is 113 Å². The second-order valence-electron chi connectivity index (χ2n) is 10.9. The average molecular weight is 659 g/mol. The van der Waals surface area contributed by atoms with Gasteiger partial charge in [0.2, 0.25) is 6.34 Å². The van der Waals surface area contributed by atoms with Crippen molar-refractivity contribution in [2.45, 2.75) is 37.0 Å². The Kier molecular flexibility index (Phi) is 11.5. The summed E-state index contributed by atoms with van der Waals surface area (Å²) in [5, 5.41) is 19.4. The number of hydrogen-bond acceptors (Lipinski definition) is 9. The maximum atomic E-state index is 13.2. The number of carbonyl (C=O) groups is 2. The lowest BCUT2D eigenvalue weighted by molar-refractivity contribution is -0.848. The average Bonchev–Trinajstić information content (AvgIpc) is 3.39. The Morgan fingerprint density at radius 2 is 1.75 bits per heavy atom. The Labute approximate surface area is 263 Å². The highest BCUT2D eigenvalue weighted by Gasteiger charge is 2.52. The van der Waals surface area contributed by atoms with Gasteiger partial charge in [0.1, 0.15) is 26.3 Å². The molecule has 0 aromatic heterocycles. The molecule has 3 rings (SSSR count). The van der Waals surface area contributed by atoms with Crippen molar-refractivity contribution < 1.29 is 41.9 Å². The number of ether oxygens (including phenoxy) is 2. The molecule has 0 fully saturated rings. The van der Waals surface area contributed by atoms with Crippen molar-refractivity contribution in [1.82, 2.24) is 4.90 Å². The highest BCUT2D eigenvalue weighted by Crippen LogP contribution is 2.44. The molecule has 10 nitrogen and oxygen atoms in total. The van der Waals surface area contributed by atoms with Crippen LogP contribution in [0.1, 0.15) is 30.5 Å². The summed E-state index contributed by atoms with van der Waals surface area (Å²) < 4.78 is 49.2. The standard InChI is InChI=1S/C29H35ClF3N5O5S/c1-27(2,44-5)28(41,20-9-11-21(12-10-20)29(31,32)33)17-38(19-34-18-35-38)13-14-42-26(40)36-24-8-6-7-23(30)22(24)16-43-25(39)15-37(3)4/h6-12,18-19,41H,13-17H2,1-5H3/p+1. The van der Waals surface area contributed by atoms with E-state index in [0.717, 1.165) is 12.1 Å². The first kappa shape index (κ1) is 35.3. The van der Waals surface area contributed by atoms with Gasteiger partial charge >= 0.3 is 18.2 Å². The number of esters is 1. The quantitative estimate of drug-likeness (QED) is 0.221. The van der Waals surface area contributed by atoms with Crippen LogP contribution in [0.15, 0.2) is 52.6 Å². The van der Waals surface area contributed by atoms with Crippen molar-refractivity contribution in [1.29, 1.82) is 0 Å². The first-order valence-electron chi connectivity index (χ1n) is 13.4. The van der Waals surface area contributed by atoms with E-state index in [1.54, 1.807) is 57.3 Å². The van der Waals surface area contributed by atoms with E-state index in [1.807, 2.05) is 0 Å². The summed E-state index contributed by atoms with van der Waals surface area (Å²) in [7, 11) is 3.45. The van der Waals surface area contributed by atoms with Crippen LogP contribution in [0, 0.1) is 0 Å². The molecule has 0 radical (unpaired) electrons. The first-order valence-corrected chi connectivity index (χ1v) is 15.0. The molecule has 2 N–H and O–H groups in total. The number of thioether (sulfide) groups is 1. The summed E-state index contributed by atoms with van der Waals surface area (Å²) in [4.78, 5) is 30.5. The van der Waals surface area contributed by atoms with Gasteiger partial charge in [-0.2, -0.15) is 29.9 Å². The first-order chi connectivity index (χ1) is 20.5. The van der Waals surface area contributed by atoms with Crippen LogP contribution >= 0.6 is 23.4 Å². The number of hydrogen-bond donors (Lipinski definition) is 2. The largest absolute Gasteiger partial charge is 0.460 e. The van der Waals surface area contributed by atoms with Crippen LogP contribution < -0.4 is 5.32 Å². The van der Waals surface area contributed by atoms with Gasteiger partial charge in [0.05, 0.1) is 17.8 Å². The van der Waals surface area contributed by atoms with Gasteiger partial charge in [-0.05, 0) is 64.0 Å². The number of alkyl halides is 3. The van der Waals surface area contributed by atoms with Crippen LogP contribution in [-0.4, -0.2) is 90.7 Å². The fourth-order valence-corrected chi connectivity index (χ4v) is 5.19. The van der Waals surface area contributed by atoms with Crippen molar-refractivity contribution in [3.63, 3.8) is 0 Å². The lowest BCUT2D eigenvalue weighted by atomic mass is 9.81. The van der Waals surface area contributed by atoms with E-state index >= 15 is 0 Å². The van der Waals surface area contributed by atoms with Gasteiger partial charge < -0.3 is 14.6 Å². The third-order valence-electron chi connectivity index (χ3n) is 7.22. The van der Waals surface area contributed by atoms with Crippen LogP contribution in [0.3, 0.4) is 0 Å². The number of aliphatic hydroxyl groups is 1. The highest BCUT2D eigenvalue weighted by molar-refractivity contribution is 8.00. The SMILES string of the molecule is CSC(C)(C)C(O)(C[N+]1(CCOC(=O)Nc2cccc(Cl)c2COC(=O)CN(C)C)C=NC=N1)c1ccc(C(F)(F)F)cc1. The highest BCUT2D eigenvalue weighted by atomic mass is 35.5. The monoisotopic (exact) mass is 658 g/mol. The fraction of sp³-hybridized carbons (Fsp3) is 0.448. The maximum absolute atomic E-state index is 13.2. The minimum atomic E-state index is -4.52. The van der Waals surface area contributed by atoms with Crippen molar-refractivity contribution in [2.24, 2.45) is 10.1 Å². The van der Waals surface area contributed by atoms with Gasteiger partial charge in [-0.15, -0.1) is 4.59 Å². The molecule has 1 heterocycles. The van der Waals surface area contributed by atoms with Gasteiger partial charge in [-0.1, -0.05) is 34.9 Å². The van der Waals surface area contributed by atoms with Gasteiger partial charge in [0.15, 0.2) is 11.9 Å². The van der Waals surface area contributed by atoms with Crippen LogP contribution in [0.4, 0.5) is 23.7 Å². The van der Waals surface area contributed by atoms with Crippen LogP contribution in [0.25, 0.3) is 0 Å². The predicted octanol–water partition coefficient (Wildman–Crippen LogP) is 5.34. The molecular weight excluding hydrogens is 623 g/mol. The molecule has 2 aromatic carbocycles. The Balaban J connectivity index is 1.73. The summed E-state index contributed by atoms with van der Waals surface area (Å²) in [6.45, 7) is 3.27. The van der Waals surface area contributed by atoms with E-state index in [9.17, 15) is 27.9 Å². The molecule has 1 aliphatic rings. The van der Waals surface area contributed by atoms with Crippen molar-refractivity contribution >= 4 is 53.8 Å². The number of benzene rings is 2. The number of nitrogens with one attached hydrogen (secondary N) is 1. The summed E-state index contributed by atoms with van der Waals surface area (Å²) in [6, 6.07) is 9.19. The van der Waals surface area contributed by atoms with Gasteiger partial charge in [-0.25, -0.2) is 4.79 Å². The third-order valence-corrected chi connectivity index (χ3v) is 8.93. The minimum Gasteiger partial charge on any atom is -0.460 e. The zero-order valence-corrected chi connectivity index (χ0v) is 26.6. The number of carbonyl (C=O) groups excluding carboxylic acids is 2. The van der Waals surface area contributed by atoms with E-state index < -0.39 is 34.2 Å². The molecule has 44 heavy (non-hydrogen) atoms. The molecular formula is C29H36ClF3N5O5S+. The molecule has 15 heteroatoms. The zero-order chi connectivity index (χ0) is 32.8. The Morgan fingerprint density at radius 1 is 1.09 bits per heavy atom. The van der Waals surface area contributed by atoms with Crippen LogP contribution in [0.2, 0.25) is 5.02 Å². The minimum absolute atomic E-state index is 0.0609. The van der Waals surface area contributed by atoms with Gasteiger partial charge in [-0.3, -0.25) is 15.0 Å². The number of aliphatic imine (C=N–C) groups is 1. The number of anilines is 1. The van der Waals surface area contributed by atoms with E-state index in [-0.39, 0.29) is 48.0 Å². The number of amides is 1. The molecule has 2 atom stereocenters. The molecule has 1 aliphatic heterocycles. The van der Waals surface area contributed by atoms with E-state index in [2.05, 4.69) is 15.4 Å². The fourth-order valence-electron chi connectivity index (χ4n) is 4.44. The molecule has 240 valence electrons. The Morgan fingerprint density at radius 3 is 2.32 bits per heavy atom. The van der Waals surface area contributed by atoms with Gasteiger partial charge in [0, 0.05) is 15.3 Å². The van der Waals surface area contributed by atoms with Crippen molar-refractivity contribution in [3.05, 3.63) is 64.2 Å². The molecule has 2 aromatic rings. The number of likely N-dealkylation sites (N-methyl/N-ethyl adjacent to an activating group) is 1. The zero-order valence-electron chi connectivity index (χ0n) is 25.0. The van der Waals surface area contributed by atoms with Crippen LogP contribution in [-0.2, 0) is 32.7 Å². The summed E-state index contributed by atoms with van der Waals surface area (Å²) in [6.07, 6.45) is -0.763.